The van der Waals surface area contributed by atoms with E-state index in [1.54, 1.807) is 6.92 Å². The van der Waals surface area contributed by atoms with E-state index in [0.29, 0.717) is 0 Å². The van der Waals surface area contributed by atoms with Crippen molar-refractivity contribution in [2.75, 3.05) is 13.2 Å². The third-order valence-corrected chi connectivity index (χ3v) is 6.49. The largest absolute Gasteiger partial charge is 0.463 e. The van der Waals surface area contributed by atoms with Gasteiger partial charge in [-0.25, -0.2) is 0 Å². The molecule has 0 aliphatic carbocycles. The molecular weight excluding hydrogens is 654 g/mol. The molecule has 268 valence electrons. The van der Waals surface area contributed by atoms with Gasteiger partial charge in [-0.05, 0) is 17.0 Å². The molecule has 22 heteroatoms. The molecule has 2 saturated heterocycles. The second kappa shape index (κ2) is 23.0. The molecule has 49 heavy (non-hydrogen) atoms. The number of carbonyl (C=O) groups excluding carboxylic acids is 6. The van der Waals surface area contributed by atoms with E-state index in [9.17, 15) is 28.8 Å². The molecule has 0 aromatic heterocycles. The molecular formula is C27H40B2N6O14. The quantitative estimate of drug-likeness (QED) is 0.0744. The molecule has 2 rings (SSSR count). The lowest BCUT2D eigenvalue weighted by Gasteiger charge is -2.43. The van der Waals surface area contributed by atoms with E-state index in [1.807, 2.05) is 0 Å². The second-order valence-corrected chi connectivity index (χ2v) is 10.2. The summed E-state index contributed by atoms with van der Waals surface area (Å²) in [7, 11) is 10.1. The Kier molecular flexibility index (Phi) is 20.8. The average Bonchev–Trinajstić information content (AvgIpc) is 3.01. The van der Waals surface area contributed by atoms with Gasteiger partial charge in [0.25, 0.3) is 0 Å². The average molecular weight is 694 g/mol. The molecule has 10 atom stereocenters. The zero-order valence-corrected chi connectivity index (χ0v) is 28.4. The summed E-state index contributed by atoms with van der Waals surface area (Å²) in [6, 6.07) is -1.92. The Morgan fingerprint density at radius 1 is 0.612 bits per heavy atom. The van der Waals surface area contributed by atoms with Gasteiger partial charge >= 0.3 is 35.8 Å². The monoisotopic (exact) mass is 694 g/mol. The standard InChI is InChI=1S/C14H19N3O9.C12H18BN3O5.CH3B/c1-6(18)22-5-10-12(23-7(2)19)11(16-17-15)13(24-8(3)20)14(26-10)25-9(4)21;1-6-9(4-13)21-10(5-19-7(2)17)12(20-8(3)18)11(6)15-16-14;1-2/h10-14H,5H2,1-4H3;6,9-12H,4-5H2,1-3H3;1H3/t10?,11-,12-,13?,14+;6?,9-,10?,11-,12+;/m01./s1. The highest BCUT2D eigenvalue weighted by atomic mass is 16.7. The van der Waals surface area contributed by atoms with Crippen molar-refractivity contribution in [3.05, 3.63) is 20.9 Å². The number of ether oxygens (including phenoxy) is 8. The number of azide groups is 2. The van der Waals surface area contributed by atoms with Crippen LogP contribution in [0.4, 0.5) is 0 Å². The molecule has 4 radical (unpaired) electrons. The van der Waals surface area contributed by atoms with Crippen molar-refractivity contribution in [2.24, 2.45) is 16.1 Å². The van der Waals surface area contributed by atoms with E-state index in [1.165, 1.54) is 20.7 Å². The molecule has 0 N–H and O–H groups in total. The van der Waals surface area contributed by atoms with Crippen LogP contribution in [0.3, 0.4) is 0 Å². The fraction of sp³-hybridized carbons (Fsp3) is 0.778. The summed E-state index contributed by atoms with van der Waals surface area (Å²) in [4.78, 5) is 72.9. The van der Waals surface area contributed by atoms with Crippen molar-refractivity contribution in [2.45, 2.75) is 117 Å². The van der Waals surface area contributed by atoms with E-state index >= 15 is 0 Å². The first kappa shape index (κ1) is 44.5. The number of nitrogens with zero attached hydrogens (tertiary/aromatic N) is 6. The fourth-order valence-electron chi connectivity index (χ4n) is 4.67. The normalized spacial score (nSPS) is 28.3. The maximum Gasteiger partial charge on any atom is 0.305 e. The van der Waals surface area contributed by atoms with Crippen molar-refractivity contribution in [3.8, 4) is 0 Å². The molecule has 2 fully saturated rings. The highest BCUT2D eigenvalue weighted by molar-refractivity contribution is 6.08. The third-order valence-electron chi connectivity index (χ3n) is 6.49. The lowest BCUT2D eigenvalue weighted by atomic mass is 9.81. The highest BCUT2D eigenvalue weighted by Gasteiger charge is 2.51. The number of hydrogen-bond donors (Lipinski definition) is 0. The minimum absolute atomic E-state index is 0.103. The minimum atomic E-state index is -1.46. The minimum Gasteiger partial charge on any atom is -0.463 e. The molecule has 0 spiro atoms. The van der Waals surface area contributed by atoms with Gasteiger partial charge < -0.3 is 37.9 Å². The first-order chi connectivity index (χ1) is 23.1. The summed E-state index contributed by atoms with van der Waals surface area (Å²) in [6.45, 7) is 9.76. The van der Waals surface area contributed by atoms with Gasteiger partial charge in [-0.1, -0.05) is 30.3 Å². The van der Waals surface area contributed by atoms with Crippen LogP contribution in [0.1, 0.15) is 48.5 Å². The predicted octanol–water partition coefficient (Wildman–Crippen LogP) is 1.73. The SMILES string of the molecule is CC(=O)OCC1O[C@@H](OC(C)=O)C(OC(C)=O)[C@@H](N=[N+]=[N-])[C@H]1OC(C)=O.[B]C.[B]C[C@H]1OC(COC(C)=O)[C@H](OC(C)=O)[C@H](N=[N+]=[N-])C1C. The van der Waals surface area contributed by atoms with Crippen LogP contribution < -0.4 is 0 Å². The molecule has 0 amide bonds. The number of hydrogen-bond acceptors (Lipinski definition) is 16. The van der Waals surface area contributed by atoms with Gasteiger partial charge in [-0.15, -0.1) is 0 Å². The van der Waals surface area contributed by atoms with Crippen LogP contribution >= 0.6 is 0 Å². The molecule has 0 aromatic carbocycles. The zero-order valence-electron chi connectivity index (χ0n) is 28.4. The summed E-state index contributed by atoms with van der Waals surface area (Å²) < 4.78 is 41.3. The van der Waals surface area contributed by atoms with Crippen molar-refractivity contribution < 1.29 is 66.7 Å². The van der Waals surface area contributed by atoms with Crippen molar-refractivity contribution >= 4 is 51.5 Å². The first-order valence-corrected chi connectivity index (χ1v) is 14.7. The lowest BCUT2D eigenvalue weighted by molar-refractivity contribution is -0.275. The van der Waals surface area contributed by atoms with E-state index in [4.69, 9.17) is 56.8 Å². The van der Waals surface area contributed by atoms with Crippen LogP contribution in [0, 0.1) is 5.92 Å². The summed E-state index contributed by atoms with van der Waals surface area (Å²) in [5, 5.41) is 7.20. The van der Waals surface area contributed by atoms with E-state index in [0.717, 1.165) is 27.7 Å². The summed E-state index contributed by atoms with van der Waals surface area (Å²) in [5.41, 5.74) is 17.6. The van der Waals surface area contributed by atoms with Gasteiger partial charge in [-0.3, -0.25) is 28.8 Å². The Morgan fingerprint density at radius 2 is 1.00 bits per heavy atom. The van der Waals surface area contributed by atoms with Crippen molar-refractivity contribution in [3.63, 3.8) is 0 Å². The molecule has 2 aliphatic rings. The van der Waals surface area contributed by atoms with Crippen LogP contribution in [0.15, 0.2) is 10.2 Å². The predicted molar refractivity (Wildman–Crippen MR) is 166 cm³/mol. The molecule has 2 heterocycles. The summed E-state index contributed by atoms with van der Waals surface area (Å²) >= 11 is 0. The lowest BCUT2D eigenvalue weighted by Crippen LogP contribution is -2.61. The van der Waals surface area contributed by atoms with Crippen LogP contribution in [0.25, 0.3) is 20.9 Å². The molecule has 2 aliphatic heterocycles. The first-order valence-electron chi connectivity index (χ1n) is 14.7. The van der Waals surface area contributed by atoms with Crippen LogP contribution in [0.5, 0.6) is 0 Å². The van der Waals surface area contributed by atoms with Gasteiger partial charge in [0.15, 0.2) is 6.10 Å². The molecule has 20 nitrogen and oxygen atoms in total. The Hall–Kier alpha value is -4.51. The Labute approximate surface area is 285 Å². The Bertz CT molecular complexity index is 1250. The van der Waals surface area contributed by atoms with Crippen molar-refractivity contribution in [1.29, 1.82) is 0 Å². The van der Waals surface area contributed by atoms with Gasteiger partial charge in [0, 0.05) is 51.4 Å². The Morgan fingerprint density at radius 3 is 1.39 bits per heavy atom. The molecule has 0 aromatic rings. The van der Waals surface area contributed by atoms with Crippen molar-refractivity contribution in [1.82, 2.24) is 0 Å². The van der Waals surface area contributed by atoms with Gasteiger partial charge in [0.05, 0.1) is 27.8 Å². The maximum absolute atomic E-state index is 11.4. The third kappa shape index (κ3) is 15.5. The van der Waals surface area contributed by atoms with Gasteiger partial charge in [0.1, 0.15) is 43.7 Å². The smallest absolute Gasteiger partial charge is 0.305 e. The fourth-order valence-corrected chi connectivity index (χ4v) is 4.67. The summed E-state index contributed by atoms with van der Waals surface area (Å²) in [5.74, 6) is -4.16. The van der Waals surface area contributed by atoms with Crippen LogP contribution in [-0.4, -0.2) is 120 Å². The molecule has 0 saturated carbocycles. The second-order valence-electron chi connectivity index (χ2n) is 10.2. The van der Waals surface area contributed by atoms with E-state index in [-0.39, 0.29) is 31.6 Å². The van der Waals surface area contributed by atoms with Gasteiger partial charge in [0.2, 0.25) is 6.29 Å². The highest BCUT2D eigenvalue weighted by Crippen LogP contribution is 2.32. The van der Waals surface area contributed by atoms with E-state index < -0.39 is 84.7 Å². The van der Waals surface area contributed by atoms with Crippen LogP contribution in [0.2, 0.25) is 13.1 Å². The zero-order chi connectivity index (χ0) is 37.8. The Balaban J connectivity index is 0.000000913. The van der Waals surface area contributed by atoms with E-state index in [2.05, 4.69) is 27.9 Å². The number of carbonyl (C=O) groups is 6. The summed E-state index contributed by atoms with van der Waals surface area (Å²) in [6.07, 6.45) is -6.93. The maximum atomic E-state index is 11.4. The molecule has 4 unspecified atom stereocenters. The number of esters is 6. The molecule has 0 bridgehead atoms. The van der Waals surface area contributed by atoms with Gasteiger partial charge in [-0.2, -0.15) is 0 Å². The van der Waals surface area contributed by atoms with Crippen LogP contribution in [-0.2, 0) is 66.7 Å². The topological polar surface area (TPSA) is 274 Å². The number of rotatable bonds is 11.